The van der Waals surface area contributed by atoms with Crippen LogP contribution in [0.5, 0.6) is 0 Å². The van der Waals surface area contributed by atoms with Gasteiger partial charge in [0.1, 0.15) is 4.83 Å². The topological polar surface area (TPSA) is 112 Å². The van der Waals surface area contributed by atoms with Crippen molar-refractivity contribution in [2.75, 3.05) is 6.54 Å². The van der Waals surface area contributed by atoms with E-state index in [4.69, 9.17) is 5.11 Å². The molecule has 0 aromatic carbocycles. The summed E-state index contributed by atoms with van der Waals surface area (Å²) in [5.41, 5.74) is 0.269. The lowest BCUT2D eigenvalue weighted by Gasteiger charge is -2.01. The molecule has 2 heterocycles. The van der Waals surface area contributed by atoms with Crippen molar-refractivity contribution in [3.05, 3.63) is 27.1 Å². The van der Waals surface area contributed by atoms with E-state index in [1.54, 1.807) is 6.92 Å². The minimum atomic E-state index is -0.980. The Morgan fingerprint density at radius 1 is 1.53 bits per heavy atom. The van der Waals surface area contributed by atoms with E-state index in [1.165, 1.54) is 6.33 Å². The molecule has 0 fully saturated rings. The average molecular weight is 281 g/mol. The highest BCUT2D eigenvalue weighted by atomic mass is 32.1. The first-order valence-electron chi connectivity index (χ1n) is 5.47. The minimum absolute atomic E-state index is 0.0473. The maximum absolute atomic E-state index is 11.9. The molecule has 1 amide bonds. The molecule has 0 unspecified atom stereocenters. The molecular weight excluding hydrogens is 270 g/mol. The summed E-state index contributed by atoms with van der Waals surface area (Å²) >= 11 is 1.11. The number of carbonyl (C=O) groups is 2. The molecule has 7 nitrogen and oxygen atoms in total. The number of H-pyrrole nitrogens is 1. The number of hydrogen-bond acceptors (Lipinski definition) is 5. The molecule has 0 saturated carbocycles. The average Bonchev–Trinajstić information content (AvgIpc) is 2.67. The van der Waals surface area contributed by atoms with Crippen molar-refractivity contribution >= 4 is 33.4 Å². The van der Waals surface area contributed by atoms with E-state index in [0.717, 1.165) is 11.3 Å². The molecule has 0 atom stereocenters. The first kappa shape index (κ1) is 13.2. The van der Waals surface area contributed by atoms with E-state index in [-0.39, 0.29) is 24.4 Å². The molecule has 3 N–H and O–H groups in total. The number of aliphatic carboxylic acids is 1. The predicted molar refractivity (Wildman–Crippen MR) is 69.6 cm³/mol. The maximum Gasteiger partial charge on any atom is 0.305 e. The Kier molecular flexibility index (Phi) is 3.61. The van der Waals surface area contributed by atoms with Crippen LogP contribution in [0.25, 0.3) is 10.2 Å². The number of hydrogen-bond donors (Lipinski definition) is 3. The van der Waals surface area contributed by atoms with Gasteiger partial charge in [0.15, 0.2) is 0 Å². The van der Waals surface area contributed by atoms with E-state index in [2.05, 4.69) is 15.3 Å². The zero-order chi connectivity index (χ0) is 14.0. The Morgan fingerprint density at radius 2 is 2.26 bits per heavy atom. The largest absolute Gasteiger partial charge is 0.481 e. The molecular formula is C11H11N3O4S. The van der Waals surface area contributed by atoms with E-state index in [0.29, 0.717) is 20.7 Å². The van der Waals surface area contributed by atoms with Gasteiger partial charge < -0.3 is 15.4 Å². The number of fused-ring (bicyclic) bond motifs is 1. The molecule has 0 spiro atoms. The van der Waals surface area contributed by atoms with Crippen molar-refractivity contribution in [2.45, 2.75) is 13.3 Å². The van der Waals surface area contributed by atoms with E-state index in [1.807, 2.05) is 0 Å². The van der Waals surface area contributed by atoms with E-state index >= 15 is 0 Å². The summed E-state index contributed by atoms with van der Waals surface area (Å²) in [6.07, 6.45) is 1.14. The van der Waals surface area contributed by atoms with Crippen molar-refractivity contribution in [3.8, 4) is 0 Å². The number of nitrogens with one attached hydrogen (secondary N) is 2. The quantitative estimate of drug-likeness (QED) is 0.755. The van der Waals surface area contributed by atoms with Gasteiger partial charge in [0.25, 0.3) is 11.5 Å². The zero-order valence-corrected chi connectivity index (χ0v) is 10.8. The van der Waals surface area contributed by atoms with Gasteiger partial charge in [0.05, 0.1) is 23.0 Å². The second-order valence-electron chi connectivity index (χ2n) is 3.87. The Balaban J connectivity index is 2.28. The van der Waals surface area contributed by atoms with Gasteiger partial charge in [0, 0.05) is 6.54 Å². The van der Waals surface area contributed by atoms with Crippen LogP contribution in [-0.2, 0) is 4.79 Å². The van der Waals surface area contributed by atoms with Crippen LogP contribution in [-0.4, -0.2) is 33.5 Å². The fourth-order valence-electron chi connectivity index (χ4n) is 1.66. The van der Waals surface area contributed by atoms with Crippen LogP contribution in [0.1, 0.15) is 21.7 Å². The van der Waals surface area contributed by atoms with Crippen LogP contribution in [0, 0.1) is 6.92 Å². The van der Waals surface area contributed by atoms with Gasteiger partial charge in [-0.2, -0.15) is 0 Å². The minimum Gasteiger partial charge on any atom is -0.481 e. The third kappa shape index (κ3) is 2.63. The molecule has 19 heavy (non-hydrogen) atoms. The molecule has 8 heteroatoms. The maximum atomic E-state index is 11.9. The second-order valence-corrected chi connectivity index (χ2v) is 4.87. The summed E-state index contributed by atoms with van der Waals surface area (Å²) in [4.78, 5) is 41.2. The van der Waals surface area contributed by atoms with Gasteiger partial charge in [-0.1, -0.05) is 0 Å². The Labute approximate surface area is 111 Å². The summed E-state index contributed by atoms with van der Waals surface area (Å²) in [6.45, 7) is 1.72. The number of aromatic amines is 1. The molecule has 2 aromatic heterocycles. The Bertz CT molecular complexity index is 704. The molecule has 0 aliphatic rings. The summed E-state index contributed by atoms with van der Waals surface area (Å²) in [5.74, 6) is -1.37. The summed E-state index contributed by atoms with van der Waals surface area (Å²) < 4.78 is 0. The SMILES string of the molecule is Cc1c(C(=O)NCCC(=O)O)sc2nc[nH]c(=O)c12. The lowest BCUT2D eigenvalue weighted by Crippen LogP contribution is -2.25. The second kappa shape index (κ2) is 5.19. The monoisotopic (exact) mass is 281 g/mol. The molecule has 2 aromatic rings. The fourth-order valence-corrected chi connectivity index (χ4v) is 2.72. The number of amides is 1. The molecule has 100 valence electrons. The highest BCUT2D eigenvalue weighted by molar-refractivity contribution is 7.20. The van der Waals surface area contributed by atoms with E-state index < -0.39 is 5.97 Å². The standard InChI is InChI=1S/C11H11N3O4S/c1-5-7-9(17)13-4-14-11(7)19-8(5)10(18)12-3-2-6(15)16/h4H,2-3H2,1H3,(H,12,18)(H,15,16)(H,13,14,17). The van der Waals surface area contributed by atoms with Crippen molar-refractivity contribution in [3.63, 3.8) is 0 Å². The first-order valence-corrected chi connectivity index (χ1v) is 6.29. The van der Waals surface area contributed by atoms with Crippen LogP contribution >= 0.6 is 11.3 Å². The Hall–Kier alpha value is -2.22. The summed E-state index contributed by atoms with van der Waals surface area (Å²) in [5, 5.41) is 11.4. The lowest BCUT2D eigenvalue weighted by molar-refractivity contribution is -0.136. The first-order chi connectivity index (χ1) is 9.00. The van der Waals surface area contributed by atoms with Crippen LogP contribution in [0.4, 0.5) is 0 Å². The normalized spacial score (nSPS) is 10.6. The fraction of sp³-hybridized carbons (Fsp3) is 0.273. The Morgan fingerprint density at radius 3 is 2.89 bits per heavy atom. The zero-order valence-electron chi connectivity index (χ0n) is 10.0. The van der Waals surface area contributed by atoms with Crippen LogP contribution in [0.3, 0.4) is 0 Å². The number of thiophene rings is 1. The van der Waals surface area contributed by atoms with Crippen molar-refractivity contribution < 1.29 is 14.7 Å². The van der Waals surface area contributed by atoms with Crippen LogP contribution < -0.4 is 10.9 Å². The highest BCUT2D eigenvalue weighted by Crippen LogP contribution is 2.26. The molecule has 2 rings (SSSR count). The van der Waals surface area contributed by atoms with Crippen molar-refractivity contribution in [2.24, 2.45) is 0 Å². The van der Waals surface area contributed by atoms with Gasteiger partial charge in [-0.05, 0) is 12.5 Å². The number of carboxylic acids is 1. The third-order valence-corrected chi connectivity index (χ3v) is 3.76. The molecule has 0 bridgehead atoms. The van der Waals surface area contributed by atoms with Gasteiger partial charge in [-0.15, -0.1) is 11.3 Å². The molecule has 0 aliphatic heterocycles. The summed E-state index contributed by atoms with van der Waals surface area (Å²) in [7, 11) is 0. The molecule has 0 saturated heterocycles. The number of aryl methyl sites for hydroxylation is 1. The number of carboxylic acid groups (broad SMARTS) is 1. The van der Waals surface area contributed by atoms with Gasteiger partial charge in [0.2, 0.25) is 0 Å². The smallest absolute Gasteiger partial charge is 0.305 e. The number of rotatable bonds is 4. The molecule has 0 aliphatic carbocycles. The van der Waals surface area contributed by atoms with Gasteiger partial charge >= 0.3 is 5.97 Å². The van der Waals surface area contributed by atoms with Gasteiger partial charge in [-0.3, -0.25) is 14.4 Å². The molecule has 0 radical (unpaired) electrons. The predicted octanol–water partition coefficient (Wildman–Crippen LogP) is 0.498. The third-order valence-electron chi connectivity index (χ3n) is 2.56. The van der Waals surface area contributed by atoms with Crippen molar-refractivity contribution in [1.29, 1.82) is 0 Å². The van der Waals surface area contributed by atoms with Crippen LogP contribution in [0.2, 0.25) is 0 Å². The number of aromatic nitrogens is 2. The van der Waals surface area contributed by atoms with Crippen LogP contribution in [0.15, 0.2) is 11.1 Å². The lowest BCUT2D eigenvalue weighted by atomic mass is 10.2. The summed E-state index contributed by atoms with van der Waals surface area (Å²) in [6, 6.07) is 0. The van der Waals surface area contributed by atoms with E-state index in [9.17, 15) is 14.4 Å². The highest BCUT2D eigenvalue weighted by Gasteiger charge is 2.17. The number of carbonyl (C=O) groups excluding carboxylic acids is 1. The van der Waals surface area contributed by atoms with Gasteiger partial charge in [-0.25, -0.2) is 4.98 Å². The van der Waals surface area contributed by atoms with Crippen molar-refractivity contribution in [1.82, 2.24) is 15.3 Å². The number of nitrogens with zero attached hydrogens (tertiary/aromatic N) is 1.